The van der Waals surface area contributed by atoms with E-state index in [1.54, 1.807) is 4.52 Å². The molecule has 0 fully saturated rings. The van der Waals surface area contributed by atoms with Gasteiger partial charge in [0, 0.05) is 11.4 Å². The van der Waals surface area contributed by atoms with Crippen LogP contribution in [0, 0.1) is 6.92 Å². The maximum atomic E-state index is 10.9. The Kier molecular flexibility index (Phi) is 2.15. The molecule has 2 rings (SSSR count). The molecule has 0 aliphatic rings. The van der Waals surface area contributed by atoms with Gasteiger partial charge in [-0.2, -0.15) is 5.10 Å². The van der Waals surface area contributed by atoms with Crippen molar-refractivity contribution in [2.45, 2.75) is 20.3 Å². The molecule has 0 radical (unpaired) electrons. The number of nitrogens with zero attached hydrogens (tertiary/aromatic N) is 3. The summed E-state index contributed by atoms with van der Waals surface area (Å²) in [6.07, 6.45) is 2.13. The fraction of sp³-hybridized carbons (Fsp3) is 0.300. The molecule has 0 amide bonds. The third-order valence-corrected chi connectivity index (χ3v) is 2.27. The van der Waals surface area contributed by atoms with Crippen molar-refractivity contribution in [1.82, 2.24) is 14.6 Å². The molecule has 78 valence electrons. The molecule has 1 N–H and O–H groups in total. The van der Waals surface area contributed by atoms with Crippen LogP contribution in [0.1, 0.15) is 28.7 Å². The summed E-state index contributed by atoms with van der Waals surface area (Å²) in [7, 11) is 0. The fourth-order valence-corrected chi connectivity index (χ4v) is 1.56. The second kappa shape index (κ2) is 3.34. The van der Waals surface area contributed by atoms with Gasteiger partial charge in [0.1, 0.15) is 5.56 Å². The molecule has 0 unspecified atom stereocenters. The Morgan fingerprint density at radius 2 is 2.33 bits per heavy atom. The number of aryl methyl sites for hydroxylation is 2. The zero-order chi connectivity index (χ0) is 11.0. The van der Waals surface area contributed by atoms with Crippen molar-refractivity contribution in [3.8, 4) is 0 Å². The first kappa shape index (κ1) is 9.64. The summed E-state index contributed by atoms with van der Waals surface area (Å²) in [6.45, 7) is 3.84. The van der Waals surface area contributed by atoms with Crippen molar-refractivity contribution in [3.63, 3.8) is 0 Å². The van der Waals surface area contributed by atoms with Gasteiger partial charge in [0.15, 0.2) is 5.65 Å². The molecule has 5 nitrogen and oxygen atoms in total. The van der Waals surface area contributed by atoms with Crippen LogP contribution in [-0.2, 0) is 6.42 Å². The Morgan fingerprint density at radius 3 is 2.93 bits per heavy atom. The molecule has 0 saturated carbocycles. The standard InChI is InChI=1S/C10H11N3O2/c1-3-7-4-6(2)12-9-8(10(14)15)5-11-13(7)9/h4-5H,3H2,1-2H3,(H,14,15). The van der Waals surface area contributed by atoms with Crippen molar-refractivity contribution in [1.29, 1.82) is 0 Å². The minimum absolute atomic E-state index is 0.147. The van der Waals surface area contributed by atoms with Gasteiger partial charge in [0.25, 0.3) is 0 Å². The van der Waals surface area contributed by atoms with Gasteiger partial charge in [-0.3, -0.25) is 0 Å². The highest BCUT2D eigenvalue weighted by atomic mass is 16.4. The monoisotopic (exact) mass is 205 g/mol. The maximum Gasteiger partial charge on any atom is 0.341 e. The van der Waals surface area contributed by atoms with Crippen LogP contribution >= 0.6 is 0 Å². The number of aromatic nitrogens is 3. The number of carboxylic acid groups (broad SMARTS) is 1. The molecule has 0 aliphatic heterocycles. The maximum absolute atomic E-state index is 10.9. The normalized spacial score (nSPS) is 10.8. The Bertz CT molecular complexity index is 531. The van der Waals surface area contributed by atoms with E-state index in [1.807, 2.05) is 19.9 Å². The number of aromatic carboxylic acids is 1. The first-order valence-electron chi connectivity index (χ1n) is 4.71. The molecule has 2 heterocycles. The van der Waals surface area contributed by atoms with E-state index in [4.69, 9.17) is 5.11 Å². The van der Waals surface area contributed by atoms with Crippen molar-refractivity contribution < 1.29 is 9.90 Å². The first-order valence-corrected chi connectivity index (χ1v) is 4.71. The smallest absolute Gasteiger partial charge is 0.341 e. The number of hydrogen-bond donors (Lipinski definition) is 1. The molecule has 2 aromatic heterocycles. The number of carboxylic acids is 1. The topological polar surface area (TPSA) is 67.5 Å². The molecule has 0 bridgehead atoms. The Labute approximate surface area is 86.4 Å². The average molecular weight is 205 g/mol. The lowest BCUT2D eigenvalue weighted by Crippen LogP contribution is -2.03. The first-order chi connectivity index (χ1) is 7.13. The molecular formula is C10H11N3O2. The van der Waals surface area contributed by atoms with E-state index in [-0.39, 0.29) is 5.56 Å². The lowest BCUT2D eigenvalue weighted by Gasteiger charge is -2.02. The summed E-state index contributed by atoms with van der Waals surface area (Å²) in [6, 6.07) is 1.91. The Balaban J connectivity index is 2.80. The van der Waals surface area contributed by atoms with Crippen molar-refractivity contribution in [3.05, 3.63) is 29.2 Å². The van der Waals surface area contributed by atoms with Gasteiger partial charge in [-0.15, -0.1) is 0 Å². The fourth-order valence-electron chi connectivity index (χ4n) is 1.56. The molecule has 0 spiro atoms. The van der Waals surface area contributed by atoms with Crippen LogP contribution in [0.4, 0.5) is 0 Å². The minimum Gasteiger partial charge on any atom is -0.477 e. The van der Waals surface area contributed by atoms with E-state index in [9.17, 15) is 4.79 Å². The summed E-state index contributed by atoms with van der Waals surface area (Å²) < 4.78 is 1.58. The van der Waals surface area contributed by atoms with E-state index in [0.717, 1.165) is 17.8 Å². The van der Waals surface area contributed by atoms with Crippen LogP contribution in [0.3, 0.4) is 0 Å². The Morgan fingerprint density at radius 1 is 1.60 bits per heavy atom. The zero-order valence-corrected chi connectivity index (χ0v) is 8.56. The van der Waals surface area contributed by atoms with Crippen LogP contribution in [-0.4, -0.2) is 25.7 Å². The molecule has 0 saturated heterocycles. The highest BCUT2D eigenvalue weighted by Crippen LogP contribution is 2.12. The van der Waals surface area contributed by atoms with Crippen LogP contribution in [0.2, 0.25) is 0 Å². The average Bonchev–Trinajstić information content (AvgIpc) is 2.59. The molecule has 0 aliphatic carbocycles. The van der Waals surface area contributed by atoms with Gasteiger partial charge in [-0.1, -0.05) is 6.92 Å². The number of carbonyl (C=O) groups is 1. The van der Waals surface area contributed by atoms with Crippen molar-refractivity contribution in [2.75, 3.05) is 0 Å². The van der Waals surface area contributed by atoms with Crippen LogP contribution in [0.15, 0.2) is 12.3 Å². The minimum atomic E-state index is -0.995. The molecule has 5 heteroatoms. The molecule has 0 aromatic carbocycles. The largest absolute Gasteiger partial charge is 0.477 e. The van der Waals surface area contributed by atoms with Gasteiger partial charge >= 0.3 is 5.97 Å². The number of rotatable bonds is 2. The summed E-state index contributed by atoms with van der Waals surface area (Å²) >= 11 is 0. The van der Waals surface area contributed by atoms with E-state index in [2.05, 4.69) is 10.1 Å². The molecule has 15 heavy (non-hydrogen) atoms. The van der Waals surface area contributed by atoms with E-state index in [1.165, 1.54) is 6.20 Å². The number of hydrogen-bond acceptors (Lipinski definition) is 3. The van der Waals surface area contributed by atoms with E-state index >= 15 is 0 Å². The second-order valence-corrected chi connectivity index (χ2v) is 3.34. The highest BCUT2D eigenvalue weighted by molar-refractivity contribution is 5.94. The van der Waals surface area contributed by atoms with Crippen molar-refractivity contribution in [2.24, 2.45) is 0 Å². The highest BCUT2D eigenvalue weighted by Gasteiger charge is 2.14. The molecule has 2 aromatic rings. The summed E-state index contributed by atoms with van der Waals surface area (Å²) in [5.41, 5.74) is 2.33. The van der Waals surface area contributed by atoms with Crippen molar-refractivity contribution >= 4 is 11.6 Å². The summed E-state index contributed by atoms with van der Waals surface area (Å²) in [4.78, 5) is 15.1. The lowest BCUT2D eigenvalue weighted by atomic mass is 10.2. The molecular weight excluding hydrogens is 194 g/mol. The van der Waals surface area contributed by atoms with E-state index in [0.29, 0.717) is 5.65 Å². The Hall–Kier alpha value is -1.91. The molecule has 0 atom stereocenters. The van der Waals surface area contributed by atoms with Gasteiger partial charge in [0.2, 0.25) is 0 Å². The predicted molar refractivity (Wildman–Crippen MR) is 54.1 cm³/mol. The quantitative estimate of drug-likeness (QED) is 0.802. The second-order valence-electron chi connectivity index (χ2n) is 3.34. The summed E-state index contributed by atoms with van der Waals surface area (Å²) in [5.74, 6) is -0.995. The lowest BCUT2D eigenvalue weighted by molar-refractivity contribution is 0.0699. The number of fused-ring (bicyclic) bond motifs is 1. The summed E-state index contributed by atoms with van der Waals surface area (Å²) in [5, 5.41) is 13.0. The van der Waals surface area contributed by atoms with Gasteiger partial charge < -0.3 is 5.11 Å². The van der Waals surface area contributed by atoms with Gasteiger partial charge in [-0.05, 0) is 19.4 Å². The third kappa shape index (κ3) is 1.45. The zero-order valence-electron chi connectivity index (χ0n) is 8.56. The predicted octanol–water partition coefficient (Wildman–Crippen LogP) is 1.30. The van der Waals surface area contributed by atoms with Gasteiger partial charge in [-0.25, -0.2) is 14.3 Å². The van der Waals surface area contributed by atoms with Crippen LogP contribution in [0.25, 0.3) is 5.65 Å². The third-order valence-electron chi connectivity index (χ3n) is 2.27. The van der Waals surface area contributed by atoms with Gasteiger partial charge in [0.05, 0.1) is 6.20 Å². The van der Waals surface area contributed by atoms with Crippen LogP contribution in [0.5, 0.6) is 0 Å². The van der Waals surface area contributed by atoms with E-state index < -0.39 is 5.97 Å². The van der Waals surface area contributed by atoms with Crippen LogP contribution < -0.4 is 0 Å². The SMILES string of the molecule is CCc1cc(C)nc2c(C(=O)O)cnn12.